The Hall–Kier alpha value is -2.80. The van der Waals surface area contributed by atoms with E-state index in [1.807, 2.05) is 13.0 Å². The van der Waals surface area contributed by atoms with E-state index in [-0.39, 0.29) is 11.7 Å². The molecule has 0 saturated carbocycles. The Morgan fingerprint density at radius 1 is 1.07 bits per heavy atom. The first kappa shape index (κ1) is 19.5. The fraction of sp³-hybridized carbons (Fsp3) is 0.273. The van der Waals surface area contributed by atoms with E-state index in [1.165, 1.54) is 12.1 Å². The van der Waals surface area contributed by atoms with Gasteiger partial charge in [0.05, 0.1) is 11.2 Å². The minimum Gasteiger partial charge on any atom is -0.282 e. The molecule has 5 nitrogen and oxygen atoms in total. The van der Waals surface area contributed by atoms with Gasteiger partial charge in [-0.3, -0.25) is 5.10 Å². The monoisotopic (exact) mass is 410 g/mol. The number of hydrogen-bond acceptors (Lipinski definition) is 4. The van der Waals surface area contributed by atoms with Crippen LogP contribution >= 0.6 is 0 Å². The Labute approximate surface area is 169 Å². The Morgan fingerprint density at radius 2 is 1.76 bits per heavy atom. The minimum absolute atomic E-state index is 0.0966. The highest BCUT2D eigenvalue weighted by Gasteiger charge is 2.20. The van der Waals surface area contributed by atoms with Crippen molar-refractivity contribution in [2.24, 2.45) is 4.36 Å². The number of aromatic amines is 1. The average molecular weight is 411 g/mol. The normalized spacial score (nSPS) is 12.2. The van der Waals surface area contributed by atoms with E-state index < -0.39 is 9.73 Å². The van der Waals surface area contributed by atoms with E-state index in [9.17, 15) is 8.60 Å². The number of aromatic nitrogens is 3. The van der Waals surface area contributed by atoms with Gasteiger partial charge in [0.2, 0.25) is 0 Å². The summed E-state index contributed by atoms with van der Waals surface area (Å²) in [4.78, 5) is 4.82. The summed E-state index contributed by atoms with van der Waals surface area (Å²) in [7, 11) is -2.41. The first-order valence-corrected chi connectivity index (χ1v) is 11.7. The number of aryl methyl sites for hydroxylation is 1. The van der Waals surface area contributed by atoms with Gasteiger partial charge in [0.15, 0.2) is 5.82 Å². The molecule has 0 radical (unpaired) electrons. The molecule has 2 aromatic heterocycles. The lowest BCUT2D eigenvalue weighted by atomic mass is 9.91. The zero-order valence-electron chi connectivity index (χ0n) is 17.1. The molecule has 0 aliphatic rings. The van der Waals surface area contributed by atoms with Crippen LogP contribution in [-0.4, -0.2) is 31.9 Å². The molecule has 4 aromatic rings. The summed E-state index contributed by atoms with van der Waals surface area (Å²) >= 11 is 0. The number of pyridine rings is 1. The second kappa shape index (κ2) is 6.91. The number of H-pyrrole nitrogens is 1. The van der Waals surface area contributed by atoms with Crippen LogP contribution < -0.4 is 0 Å². The lowest BCUT2D eigenvalue weighted by Crippen LogP contribution is -2.00. The molecule has 0 atom stereocenters. The molecule has 0 aliphatic carbocycles. The molecule has 0 fully saturated rings. The molecule has 7 heteroatoms. The molecule has 0 spiro atoms. The van der Waals surface area contributed by atoms with Gasteiger partial charge in [-0.05, 0) is 48.1 Å². The molecule has 2 heterocycles. The smallest absolute Gasteiger partial charge is 0.169 e. The first-order valence-electron chi connectivity index (χ1n) is 9.39. The number of fused-ring (bicyclic) bond motifs is 2. The highest BCUT2D eigenvalue weighted by molar-refractivity contribution is 7.92. The second-order valence-electron chi connectivity index (χ2n) is 7.89. The van der Waals surface area contributed by atoms with Crippen LogP contribution in [0.5, 0.6) is 0 Å². The van der Waals surface area contributed by atoms with Crippen molar-refractivity contribution in [3.05, 3.63) is 53.6 Å². The number of rotatable bonds is 3. The van der Waals surface area contributed by atoms with Crippen LogP contribution in [0.4, 0.5) is 10.2 Å². The van der Waals surface area contributed by atoms with Crippen molar-refractivity contribution in [1.82, 2.24) is 15.2 Å². The lowest BCUT2D eigenvalue weighted by Gasteiger charge is -2.17. The van der Waals surface area contributed by atoms with Crippen LogP contribution in [0.15, 0.2) is 40.8 Å². The van der Waals surface area contributed by atoms with Gasteiger partial charge in [0.25, 0.3) is 0 Å². The van der Waals surface area contributed by atoms with Crippen LogP contribution in [0.25, 0.3) is 32.8 Å². The van der Waals surface area contributed by atoms with Crippen molar-refractivity contribution in [2.75, 3.05) is 12.5 Å². The highest BCUT2D eigenvalue weighted by Crippen LogP contribution is 2.40. The van der Waals surface area contributed by atoms with E-state index in [0.29, 0.717) is 5.82 Å². The van der Waals surface area contributed by atoms with Gasteiger partial charge in [0, 0.05) is 44.3 Å². The molecule has 0 unspecified atom stereocenters. The standard InChI is InChI=1S/C22H23FN4OS/c1-12(2)21-20(14-6-8-15(23)9-7-14)17-10-16-13(3)25-26-19(16)11-18(17)22(24-21)27-29(4,5)28/h6-12H,1-5H3,(H,25,26). The quantitative estimate of drug-likeness (QED) is 0.470. The third kappa shape index (κ3) is 3.62. The zero-order chi connectivity index (χ0) is 20.9. The number of halogens is 1. The molecular weight excluding hydrogens is 387 g/mol. The fourth-order valence-electron chi connectivity index (χ4n) is 3.56. The van der Waals surface area contributed by atoms with Gasteiger partial charge in [0.1, 0.15) is 5.82 Å². The van der Waals surface area contributed by atoms with Crippen molar-refractivity contribution in [2.45, 2.75) is 26.7 Å². The van der Waals surface area contributed by atoms with Gasteiger partial charge in [-0.25, -0.2) is 13.6 Å². The molecule has 4 rings (SSSR count). The van der Waals surface area contributed by atoms with Crippen molar-refractivity contribution in [3.8, 4) is 11.1 Å². The van der Waals surface area contributed by atoms with Gasteiger partial charge in [-0.1, -0.05) is 26.0 Å². The maximum absolute atomic E-state index is 13.6. The fourth-order valence-corrected chi connectivity index (χ4v) is 4.12. The van der Waals surface area contributed by atoms with Gasteiger partial charge >= 0.3 is 0 Å². The van der Waals surface area contributed by atoms with Crippen molar-refractivity contribution in [3.63, 3.8) is 0 Å². The predicted octanol–water partition coefficient (Wildman–Crippen LogP) is 5.71. The zero-order valence-corrected chi connectivity index (χ0v) is 17.9. The number of hydrogen-bond donors (Lipinski definition) is 1. The molecule has 29 heavy (non-hydrogen) atoms. The summed E-state index contributed by atoms with van der Waals surface area (Å²) in [6.45, 7) is 6.09. The Kier molecular flexibility index (Phi) is 4.65. The van der Waals surface area contributed by atoms with Crippen molar-refractivity contribution in [1.29, 1.82) is 0 Å². The molecule has 0 bridgehead atoms. The lowest BCUT2D eigenvalue weighted by molar-refractivity contribution is 0.628. The maximum Gasteiger partial charge on any atom is 0.169 e. The Balaban J connectivity index is 2.23. The van der Waals surface area contributed by atoms with E-state index in [2.05, 4.69) is 34.5 Å². The average Bonchev–Trinajstić information content (AvgIpc) is 3.00. The number of benzene rings is 2. The molecule has 0 saturated heterocycles. The van der Waals surface area contributed by atoms with Gasteiger partial charge < -0.3 is 0 Å². The van der Waals surface area contributed by atoms with Crippen molar-refractivity contribution >= 4 is 37.2 Å². The topological polar surface area (TPSA) is 71.0 Å². The van der Waals surface area contributed by atoms with E-state index in [1.54, 1.807) is 24.6 Å². The Morgan fingerprint density at radius 3 is 2.38 bits per heavy atom. The summed E-state index contributed by atoms with van der Waals surface area (Å²) in [5.41, 5.74) is 4.42. The molecule has 0 aliphatic heterocycles. The third-order valence-electron chi connectivity index (χ3n) is 4.86. The Bertz CT molecular complexity index is 1360. The maximum atomic E-state index is 13.6. The van der Waals surface area contributed by atoms with E-state index >= 15 is 0 Å². The van der Waals surface area contributed by atoms with Crippen molar-refractivity contribution < 1.29 is 8.60 Å². The van der Waals surface area contributed by atoms with Crippen LogP contribution in [0.2, 0.25) is 0 Å². The third-order valence-corrected chi connectivity index (χ3v) is 5.48. The molecule has 0 amide bonds. The molecular formula is C22H23FN4OS. The summed E-state index contributed by atoms with van der Waals surface area (Å²) in [6.07, 6.45) is 3.20. The number of nitrogens with zero attached hydrogens (tertiary/aromatic N) is 3. The van der Waals surface area contributed by atoms with Gasteiger partial charge in [-0.15, -0.1) is 0 Å². The summed E-state index contributed by atoms with van der Waals surface area (Å²) in [5, 5.41) is 10.1. The van der Waals surface area contributed by atoms with Crippen LogP contribution in [0.3, 0.4) is 0 Å². The first-order chi connectivity index (χ1) is 13.6. The summed E-state index contributed by atoms with van der Waals surface area (Å²) < 4.78 is 30.5. The molecule has 150 valence electrons. The van der Waals surface area contributed by atoms with Crippen LogP contribution in [0.1, 0.15) is 31.2 Å². The summed E-state index contributed by atoms with van der Waals surface area (Å²) in [6, 6.07) is 10.4. The minimum atomic E-state index is -2.41. The van der Waals surface area contributed by atoms with Gasteiger partial charge in [-0.2, -0.15) is 9.46 Å². The van der Waals surface area contributed by atoms with E-state index in [0.717, 1.165) is 44.2 Å². The SMILES string of the molecule is Cc1[nH]nc2cc3c(N=S(C)(C)=O)nc(C(C)C)c(-c4ccc(F)cc4)c3cc12. The molecule has 1 N–H and O–H groups in total. The van der Waals surface area contributed by atoms with Crippen LogP contribution in [0, 0.1) is 12.7 Å². The highest BCUT2D eigenvalue weighted by atomic mass is 32.2. The summed E-state index contributed by atoms with van der Waals surface area (Å²) in [5.74, 6) is 0.264. The molecule has 2 aromatic carbocycles. The van der Waals surface area contributed by atoms with Crippen LogP contribution in [-0.2, 0) is 9.73 Å². The largest absolute Gasteiger partial charge is 0.282 e. The number of nitrogens with one attached hydrogen (secondary N) is 1. The second-order valence-corrected chi connectivity index (χ2v) is 10.4. The predicted molar refractivity (Wildman–Crippen MR) is 118 cm³/mol. The van der Waals surface area contributed by atoms with E-state index in [4.69, 9.17) is 4.98 Å².